The van der Waals surface area contributed by atoms with Gasteiger partial charge in [-0.15, -0.1) is 0 Å². The zero-order valence-electron chi connectivity index (χ0n) is 26.2. The molecule has 0 fully saturated rings. The van der Waals surface area contributed by atoms with Crippen LogP contribution in [0, 0.1) is 17.9 Å². The van der Waals surface area contributed by atoms with Crippen molar-refractivity contribution in [2.45, 2.75) is 0 Å². The van der Waals surface area contributed by atoms with Crippen molar-refractivity contribution in [3.63, 3.8) is 0 Å². The predicted molar refractivity (Wildman–Crippen MR) is 200 cm³/mol. The number of hydrogen-bond donors (Lipinski definition) is 0. The van der Waals surface area contributed by atoms with Crippen LogP contribution in [0.5, 0.6) is 0 Å². The summed E-state index contributed by atoms with van der Waals surface area (Å²) in [4.78, 5) is 6.17. The molecule has 1 aliphatic heterocycles. The van der Waals surface area contributed by atoms with Gasteiger partial charge in [-0.2, -0.15) is 5.26 Å². The molecule has 5 nitrogen and oxygen atoms in total. The summed E-state index contributed by atoms with van der Waals surface area (Å²) in [5, 5.41) is 15.1. The number of benzene rings is 7. The molecule has 9 aromatic rings. The van der Waals surface area contributed by atoms with Crippen LogP contribution in [0.2, 0.25) is 0 Å². The molecule has 0 unspecified atom stereocenters. The largest absolute Gasteiger partial charge is 0.310 e. The van der Waals surface area contributed by atoms with Crippen LogP contribution in [0.3, 0.4) is 0 Å². The van der Waals surface area contributed by atoms with E-state index in [9.17, 15) is 5.26 Å². The lowest BCUT2D eigenvalue weighted by Gasteiger charge is -2.33. The van der Waals surface area contributed by atoms with Gasteiger partial charge in [0.1, 0.15) is 0 Å². The molecule has 226 valence electrons. The average Bonchev–Trinajstić information content (AvgIpc) is 3.69. The van der Waals surface area contributed by atoms with Gasteiger partial charge in [-0.1, -0.05) is 78.9 Å². The Morgan fingerprint density at radius 1 is 0.490 bits per heavy atom. The summed E-state index contributed by atoms with van der Waals surface area (Å²) in [5.41, 5.74) is 12.3. The van der Waals surface area contributed by atoms with Crippen LogP contribution in [0.1, 0.15) is 5.56 Å². The molecule has 0 saturated carbocycles. The van der Waals surface area contributed by atoms with Gasteiger partial charge in [-0.25, -0.2) is 4.85 Å². The maximum Gasteiger partial charge on any atom is 0.189 e. The maximum atomic E-state index is 10.3. The molecule has 0 spiro atoms. The first kappa shape index (κ1) is 27.1. The van der Waals surface area contributed by atoms with Crippen LogP contribution in [0.25, 0.3) is 71.0 Å². The summed E-state index contributed by atoms with van der Waals surface area (Å²) in [7, 11) is 0. The molecule has 0 aliphatic carbocycles. The van der Waals surface area contributed by atoms with Crippen molar-refractivity contribution in [1.29, 1.82) is 5.26 Å². The summed E-state index contributed by atoms with van der Waals surface area (Å²) in [6.07, 6.45) is 0. The molecular weight excluding hydrogens is 599 g/mol. The molecule has 0 saturated heterocycles. The second-order valence-electron chi connectivity index (χ2n) is 12.4. The fourth-order valence-corrected chi connectivity index (χ4v) is 7.81. The lowest BCUT2D eigenvalue weighted by Crippen LogP contribution is -2.18. The van der Waals surface area contributed by atoms with Gasteiger partial charge in [0.05, 0.1) is 57.3 Å². The second-order valence-corrected chi connectivity index (χ2v) is 12.4. The van der Waals surface area contributed by atoms with Crippen LogP contribution in [-0.4, -0.2) is 9.13 Å². The number of para-hydroxylation sites is 6. The first-order valence-electron chi connectivity index (χ1n) is 16.2. The van der Waals surface area contributed by atoms with Crippen LogP contribution in [0.15, 0.2) is 152 Å². The van der Waals surface area contributed by atoms with E-state index in [4.69, 9.17) is 6.57 Å². The Morgan fingerprint density at radius 2 is 1.04 bits per heavy atom. The monoisotopic (exact) mass is 623 g/mol. The van der Waals surface area contributed by atoms with E-state index < -0.39 is 0 Å². The van der Waals surface area contributed by atoms with Gasteiger partial charge in [-0.05, 0) is 83.9 Å². The Hall–Kier alpha value is -7.08. The summed E-state index contributed by atoms with van der Waals surface area (Å²) < 4.78 is 4.59. The van der Waals surface area contributed by atoms with Gasteiger partial charge < -0.3 is 14.0 Å². The van der Waals surface area contributed by atoms with Crippen LogP contribution in [-0.2, 0) is 0 Å². The lowest BCUT2D eigenvalue weighted by atomic mass is 9.99. The third kappa shape index (κ3) is 3.85. The standard InChI is InChI=1S/C44H25N5/c1-46-31-23-30(25-33(26-31)47-38-15-5-2-11-34(38)35-12-3-6-16-39(35)47)29-21-28(27-45)22-32(24-29)48-41-18-8-9-19-42(41)49-40-17-7-4-13-36(40)37-14-10-20-43(48)44(37)49/h2-26H. The number of nitriles is 1. The molecule has 5 heteroatoms. The summed E-state index contributed by atoms with van der Waals surface area (Å²) in [5.74, 6) is 0. The van der Waals surface area contributed by atoms with Crippen molar-refractivity contribution < 1.29 is 0 Å². The van der Waals surface area contributed by atoms with E-state index in [0.29, 0.717) is 11.3 Å². The molecule has 1 aliphatic rings. The van der Waals surface area contributed by atoms with E-state index in [2.05, 4.69) is 152 Å². The molecule has 3 heterocycles. The van der Waals surface area contributed by atoms with Crippen molar-refractivity contribution in [2.75, 3.05) is 4.90 Å². The quantitative estimate of drug-likeness (QED) is 0.184. The maximum absolute atomic E-state index is 10.3. The molecule has 0 amide bonds. The predicted octanol–water partition coefficient (Wildman–Crippen LogP) is 11.8. The zero-order valence-corrected chi connectivity index (χ0v) is 26.2. The second kappa shape index (κ2) is 10.2. The van der Waals surface area contributed by atoms with E-state index >= 15 is 0 Å². The Kier molecular flexibility index (Phi) is 5.64. The average molecular weight is 624 g/mol. The summed E-state index contributed by atoms with van der Waals surface area (Å²) in [6, 6.07) is 54.7. The lowest BCUT2D eigenvalue weighted by molar-refractivity contribution is 1.11. The van der Waals surface area contributed by atoms with Crippen LogP contribution in [0.4, 0.5) is 22.7 Å². The van der Waals surface area contributed by atoms with E-state index in [1.165, 1.54) is 10.8 Å². The van der Waals surface area contributed by atoms with E-state index in [-0.39, 0.29) is 0 Å². The summed E-state index contributed by atoms with van der Waals surface area (Å²) >= 11 is 0. The molecule has 0 radical (unpaired) electrons. The zero-order chi connectivity index (χ0) is 32.6. The van der Waals surface area contributed by atoms with E-state index in [0.717, 1.165) is 72.4 Å². The smallest absolute Gasteiger partial charge is 0.189 e. The van der Waals surface area contributed by atoms with E-state index in [1.54, 1.807) is 0 Å². The van der Waals surface area contributed by atoms with Crippen molar-refractivity contribution >= 4 is 66.4 Å². The molecule has 0 atom stereocenters. The number of rotatable bonds is 3. The van der Waals surface area contributed by atoms with Gasteiger partial charge in [0.15, 0.2) is 5.69 Å². The first-order chi connectivity index (χ1) is 24.2. The first-order valence-corrected chi connectivity index (χ1v) is 16.2. The highest BCUT2D eigenvalue weighted by Crippen LogP contribution is 2.50. The summed E-state index contributed by atoms with van der Waals surface area (Å²) in [6.45, 7) is 8.05. The van der Waals surface area contributed by atoms with Crippen molar-refractivity contribution in [1.82, 2.24) is 9.13 Å². The third-order valence-corrected chi connectivity index (χ3v) is 9.79. The highest BCUT2D eigenvalue weighted by molar-refractivity contribution is 6.16. The molecule has 2 aromatic heterocycles. The Bertz CT molecular complexity index is 2870. The fraction of sp³-hybridized carbons (Fsp3) is 0. The number of hydrogen-bond acceptors (Lipinski definition) is 2. The Morgan fingerprint density at radius 3 is 1.73 bits per heavy atom. The molecule has 7 aromatic carbocycles. The van der Waals surface area contributed by atoms with Gasteiger partial charge >= 0.3 is 0 Å². The van der Waals surface area contributed by atoms with Gasteiger partial charge in [0.25, 0.3) is 0 Å². The van der Waals surface area contributed by atoms with Crippen molar-refractivity contribution in [3.8, 4) is 28.6 Å². The molecule has 0 bridgehead atoms. The number of fused-ring (bicyclic) bond motifs is 8. The molecule has 10 rings (SSSR count). The minimum absolute atomic E-state index is 0.538. The highest BCUT2D eigenvalue weighted by atomic mass is 15.2. The fourth-order valence-electron chi connectivity index (χ4n) is 7.81. The number of aromatic nitrogens is 2. The number of nitrogens with zero attached hydrogens (tertiary/aromatic N) is 5. The Balaban J connectivity index is 1.22. The normalized spacial score (nSPS) is 12.0. The van der Waals surface area contributed by atoms with Crippen LogP contribution >= 0.6 is 0 Å². The molecule has 49 heavy (non-hydrogen) atoms. The van der Waals surface area contributed by atoms with Crippen LogP contribution < -0.4 is 4.90 Å². The molecule has 0 N–H and O–H groups in total. The van der Waals surface area contributed by atoms with Crippen molar-refractivity contribution in [2.24, 2.45) is 0 Å². The highest BCUT2D eigenvalue weighted by Gasteiger charge is 2.28. The van der Waals surface area contributed by atoms with E-state index in [1.807, 2.05) is 24.3 Å². The van der Waals surface area contributed by atoms with Gasteiger partial charge in [0.2, 0.25) is 0 Å². The minimum atomic E-state index is 0.538. The Labute approximate surface area is 282 Å². The minimum Gasteiger partial charge on any atom is -0.310 e. The third-order valence-electron chi connectivity index (χ3n) is 9.79. The topological polar surface area (TPSA) is 41.2 Å². The van der Waals surface area contributed by atoms with Crippen molar-refractivity contribution in [3.05, 3.63) is 169 Å². The van der Waals surface area contributed by atoms with Gasteiger partial charge in [-0.3, -0.25) is 0 Å². The molecular formula is C44H25N5. The number of anilines is 3. The SMILES string of the molecule is [C-]#[N+]c1cc(-c2cc(C#N)cc(N3c4ccccc4-n4c5ccccc5c5cccc3c54)c2)cc(-n2c3ccccc3c3ccccc32)c1. The van der Waals surface area contributed by atoms with Gasteiger partial charge in [0, 0.05) is 32.9 Å².